The van der Waals surface area contributed by atoms with Crippen molar-refractivity contribution in [2.45, 2.75) is 57.9 Å². The van der Waals surface area contributed by atoms with Gasteiger partial charge in [0.25, 0.3) is 15.9 Å². The molecule has 1 aromatic carbocycles. The number of carbonyl (C=O) groups excluding carboxylic acids is 1. The summed E-state index contributed by atoms with van der Waals surface area (Å²) in [4.78, 5) is 13.1. The summed E-state index contributed by atoms with van der Waals surface area (Å²) in [5.74, 6) is 0.344. The van der Waals surface area contributed by atoms with E-state index in [1.165, 1.54) is 31.0 Å². The van der Waals surface area contributed by atoms with Crippen LogP contribution in [0.1, 0.15) is 57.4 Å². The first-order chi connectivity index (χ1) is 14.8. The Balaban J connectivity index is 2.07. The predicted molar refractivity (Wildman–Crippen MR) is 123 cm³/mol. The van der Waals surface area contributed by atoms with Crippen molar-refractivity contribution in [3.8, 4) is 11.5 Å². The lowest BCUT2D eigenvalue weighted by Gasteiger charge is -2.33. The lowest BCUT2D eigenvalue weighted by molar-refractivity contribution is -0.117. The minimum Gasteiger partial charge on any atom is -0.493 e. The second-order valence-electron chi connectivity index (χ2n) is 8.02. The normalized spacial score (nSPS) is 19.1. The minimum atomic E-state index is -4.07. The van der Waals surface area contributed by atoms with Gasteiger partial charge in [-0.25, -0.2) is 8.42 Å². The zero-order valence-electron chi connectivity index (χ0n) is 18.6. The number of rotatable bonds is 6. The quantitative estimate of drug-likeness (QED) is 0.665. The first-order valence-electron chi connectivity index (χ1n) is 10.8. The lowest BCUT2D eigenvalue weighted by Crippen LogP contribution is -2.44. The molecule has 0 radical (unpaired) electrons. The molecular weight excluding hydrogens is 416 g/mol. The molecule has 0 bridgehead atoms. The van der Waals surface area contributed by atoms with Gasteiger partial charge in [-0.1, -0.05) is 38.2 Å². The minimum absolute atomic E-state index is 0.0112. The Kier molecular flexibility index (Phi) is 7.30. The molecule has 1 fully saturated rings. The fourth-order valence-corrected chi connectivity index (χ4v) is 6.11. The number of anilines is 1. The van der Waals surface area contributed by atoms with Gasteiger partial charge in [0.15, 0.2) is 16.4 Å². The van der Waals surface area contributed by atoms with E-state index in [9.17, 15) is 13.2 Å². The van der Waals surface area contributed by atoms with Gasteiger partial charge in [-0.05, 0) is 31.4 Å². The fraction of sp³-hybridized carbons (Fsp3) is 0.522. The molecule has 1 saturated carbocycles. The van der Waals surface area contributed by atoms with Crippen LogP contribution in [0, 0.1) is 0 Å². The predicted octanol–water partition coefficient (Wildman–Crippen LogP) is 4.00. The smallest absolute Gasteiger partial charge is 0.270 e. The van der Waals surface area contributed by atoms with Crippen molar-refractivity contribution in [1.29, 1.82) is 0 Å². The molecule has 0 aromatic heterocycles. The largest absolute Gasteiger partial charge is 0.493 e. The molecule has 2 aliphatic rings. The van der Waals surface area contributed by atoms with Crippen LogP contribution in [0.3, 0.4) is 0 Å². The maximum absolute atomic E-state index is 13.5. The molecule has 1 aromatic rings. The van der Waals surface area contributed by atoms with Crippen molar-refractivity contribution < 1.29 is 22.7 Å². The molecule has 1 heterocycles. The average Bonchev–Trinajstić information content (AvgIpc) is 2.71. The van der Waals surface area contributed by atoms with Crippen LogP contribution in [0.15, 0.2) is 29.7 Å². The SMILES string of the molecule is C=CCN1c2cc(OC)c(OC)cc2C(C)=C(C(=O)NC2CCCCCCC2)S1(=O)=O. The van der Waals surface area contributed by atoms with E-state index in [1.807, 2.05) is 0 Å². The van der Waals surface area contributed by atoms with Crippen molar-refractivity contribution in [3.05, 3.63) is 35.3 Å². The number of amides is 1. The molecule has 7 nitrogen and oxygen atoms in total. The van der Waals surface area contributed by atoms with Crippen molar-refractivity contribution >= 4 is 27.2 Å². The van der Waals surface area contributed by atoms with Crippen molar-refractivity contribution in [2.24, 2.45) is 0 Å². The van der Waals surface area contributed by atoms with Crippen LogP contribution in [0.25, 0.3) is 5.57 Å². The van der Waals surface area contributed by atoms with Crippen LogP contribution in [0.4, 0.5) is 5.69 Å². The molecule has 1 N–H and O–H groups in total. The van der Waals surface area contributed by atoms with Gasteiger partial charge in [0.2, 0.25) is 0 Å². The van der Waals surface area contributed by atoms with Crippen molar-refractivity contribution in [2.75, 3.05) is 25.1 Å². The van der Waals surface area contributed by atoms with Crippen LogP contribution < -0.4 is 19.1 Å². The zero-order valence-corrected chi connectivity index (χ0v) is 19.4. The molecule has 1 amide bonds. The summed E-state index contributed by atoms with van der Waals surface area (Å²) >= 11 is 0. The Labute approximate surface area is 185 Å². The first-order valence-corrected chi connectivity index (χ1v) is 12.2. The van der Waals surface area contributed by atoms with Crippen LogP contribution in [0.5, 0.6) is 11.5 Å². The highest BCUT2D eigenvalue weighted by molar-refractivity contribution is 7.97. The third-order valence-electron chi connectivity index (χ3n) is 6.00. The van der Waals surface area contributed by atoms with E-state index in [2.05, 4.69) is 11.9 Å². The zero-order chi connectivity index (χ0) is 22.6. The number of fused-ring (bicyclic) bond motifs is 1. The molecule has 8 heteroatoms. The highest BCUT2D eigenvalue weighted by Gasteiger charge is 2.40. The van der Waals surface area contributed by atoms with Gasteiger partial charge in [-0.15, -0.1) is 6.58 Å². The van der Waals surface area contributed by atoms with Gasteiger partial charge >= 0.3 is 0 Å². The maximum Gasteiger partial charge on any atom is 0.270 e. The number of sulfonamides is 1. The molecule has 3 rings (SSSR count). The monoisotopic (exact) mass is 448 g/mol. The fourth-order valence-electron chi connectivity index (χ4n) is 4.38. The van der Waals surface area contributed by atoms with E-state index in [0.717, 1.165) is 38.5 Å². The molecular formula is C23H32N2O5S. The summed E-state index contributed by atoms with van der Waals surface area (Å²) in [6.07, 6.45) is 8.84. The number of benzene rings is 1. The summed E-state index contributed by atoms with van der Waals surface area (Å²) in [7, 11) is -1.05. The van der Waals surface area contributed by atoms with Gasteiger partial charge in [-0.3, -0.25) is 9.10 Å². The van der Waals surface area contributed by atoms with Crippen molar-refractivity contribution in [3.63, 3.8) is 0 Å². The number of ether oxygens (including phenoxy) is 2. The number of nitrogens with zero attached hydrogens (tertiary/aromatic N) is 1. The van der Waals surface area contributed by atoms with Gasteiger partial charge in [0, 0.05) is 17.7 Å². The van der Waals surface area contributed by atoms with Crippen LogP contribution in [-0.4, -0.2) is 41.1 Å². The molecule has 1 aliphatic carbocycles. The number of carbonyl (C=O) groups is 1. The number of allylic oxidation sites excluding steroid dienone is 1. The number of methoxy groups -OCH3 is 2. The standard InChI is InChI=1S/C23H32N2O5S/c1-5-13-25-19-15-21(30-4)20(29-3)14-18(19)16(2)22(31(25,27)28)23(26)24-17-11-9-7-6-8-10-12-17/h5,14-15,17H,1,6-13H2,2-4H3,(H,24,26). The highest BCUT2D eigenvalue weighted by atomic mass is 32.2. The summed E-state index contributed by atoms with van der Waals surface area (Å²) in [6.45, 7) is 5.40. The number of hydrogen-bond acceptors (Lipinski definition) is 5. The topological polar surface area (TPSA) is 84.9 Å². The molecule has 0 unspecified atom stereocenters. The summed E-state index contributed by atoms with van der Waals surface area (Å²) < 4.78 is 39.0. The molecule has 1 aliphatic heterocycles. The third kappa shape index (κ3) is 4.59. The van der Waals surface area contributed by atoms with Gasteiger partial charge < -0.3 is 14.8 Å². The van der Waals surface area contributed by atoms with E-state index in [4.69, 9.17) is 9.47 Å². The van der Waals surface area contributed by atoms with Gasteiger partial charge in [-0.2, -0.15) is 0 Å². The van der Waals surface area contributed by atoms with Gasteiger partial charge in [0.1, 0.15) is 0 Å². The van der Waals surface area contributed by atoms with Crippen molar-refractivity contribution in [1.82, 2.24) is 5.32 Å². The Morgan fingerprint density at radius 1 is 1.13 bits per heavy atom. The number of nitrogens with one attached hydrogen (secondary N) is 1. The first kappa shape index (κ1) is 23.2. The molecule has 0 spiro atoms. The molecule has 0 saturated heterocycles. The number of hydrogen-bond donors (Lipinski definition) is 1. The molecule has 31 heavy (non-hydrogen) atoms. The van der Waals surface area contributed by atoms with Crippen LogP contribution in [-0.2, 0) is 14.8 Å². The second-order valence-corrected chi connectivity index (χ2v) is 9.82. The van der Waals surface area contributed by atoms with E-state index in [-0.39, 0.29) is 17.5 Å². The van der Waals surface area contributed by atoms with Gasteiger partial charge in [0.05, 0.1) is 26.5 Å². The van der Waals surface area contributed by atoms with Crippen LogP contribution in [0.2, 0.25) is 0 Å². The lowest BCUT2D eigenvalue weighted by atomic mass is 9.96. The Bertz CT molecular complexity index is 976. The molecule has 0 atom stereocenters. The summed E-state index contributed by atoms with van der Waals surface area (Å²) in [6, 6.07) is 3.34. The van der Waals surface area contributed by atoms with E-state index < -0.39 is 15.9 Å². The Morgan fingerprint density at radius 2 is 1.71 bits per heavy atom. The van der Waals surface area contributed by atoms with E-state index in [1.54, 1.807) is 19.1 Å². The third-order valence-corrected chi connectivity index (χ3v) is 7.94. The summed E-state index contributed by atoms with van der Waals surface area (Å²) in [5.41, 5.74) is 1.47. The van der Waals surface area contributed by atoms with Crippen LogP contribution >= 0.6 is 0 Å². The maximum atomic E-state index is 13.5. The average molecular weight is 449 g/mol. The summed E-state index contributed by atoms with van der Waals surface area (Å²) in [5, 5.41) is 3.00. The second kappa shape index (κ2) is 9.77. The Morgan fingerprint density at radius 3 is 2.29 bits per heavy atom. The van der Waals surface area contributed by atoms with E-state index >= 15 is 0 Å². The van der Waals surface area contributed by atoms with E-state index in [0.29, 0.717) is 28.3 Å². The Hall–Kier alpha value is -2.48. The highest BCUT2D eigenvalue weighted by Crippen LogP contribution is 2.44. The molecule has 170 valence electrons.